The quantitative estimate of drug-likeness (QED) is 0.0272. The van der Waals surface area contributed by atoms with E-state index in [-0.39, 0.29) is 12.5 Å². The maximum absolute atomic E-state index is 12.9. The summed E-state index contributed by atoms with van der Waals surface area (Å²) in [5, 5.41) is 13.8. The number of likely N-dealkylation sites (N-methyl/N-ethyl adjacent to an activating group) is 1. The fourth-order valence-electron chi connectivity index (χ4n) is 8.06. The molecule has 0 aromatic heterocycles. The summed E-state index contributed by atoms with van der Waals surface area (Å²) in [5.74, 6) is -0.220. The molecule has 0 aliphatic carbocycles. The number of quaternary nitrogens is 1. The highest BCUT2D eigenvalue weighted by molar-refractivity contribution is 7.45. The number of nitrogens with one attached hydrogen (secondary N) is 1. The summed E-state index contributed by atoms with van der Waals surface area (Å²) < 4.78 is 23.3. The molecule has 0 radical (unpaired) electrons. The summed E-state index contributed by atoms with van der Waals surface area (Å²) in [6.07, 6.45) is 63.5. The van der Waals surface area contributed by atoms with Gasteiger partial charge >= 0.3 is 0 Å². The van der Waals surface area contributed by atoms with Crippen molar-refractivity contribution in [2.75, 3.05) is 40.9 Å². The third kappa shape index (κ3) is 50.3. The Balaban J connectivity index is 4.22. The van der Waals surface area contributed by atoms with E-state index in [1.165, 1.54) is 173 Å². The molecule has 0 saturated heterocycles. The van der Waals surface area contributed by atoms with Crippen molar-refractivity contribution in [1.29, 1.82) is 0 Å². The van der Waals surface area contributed by atoms with E-state index >= 15 is 0 Å². The molecule has 0 fully saturated rings. The average molecular weight is 949 g/mol. The summed E-state index contributed by atoms with van der Waals surface area (Å²) >= 11 is 0. The number of allylic oxidation sites excluding steroid dienone is 7. The summed E-state index contributed by atoms with van der Waals surface area (Å²) in [5.41, 5.74) is 0. The first-order valence-corrected chi connectivity index (χ1v) is 29.5. The predicted molar refractivity (Wildman–Crippen MR) is 284 cm³/mol. The molecule has 1 amide bonds. The first-order valence-electron chi connectivity index (χ1n) is 28.0. The molecule has 0 aliphatic heterocycles. The fourth-order valence-corrected chi connectivity index (χ4v) is 8.79. The van der Waals surface area contributed by atoms with Gasteiger partial charge in [0.25, 0.3) is 7.82 Å². The van der Waals surface area contributed by atoms with Crippen LogP contribution in [0.2, 0.25) is 0 Å². The molecule has 0 saturated carbocycles. The van der Waals surface area contributed by atoms with Crippen LogP contribution in [0.4, 0.5) is 0 Å². The number of carbonyl (C=O) groups excluding carboxylic acids is 1. The van der Waals surface area contributed by atoms with Crippen LogP contribution < -0.4 is 10.2 Å². The molecule has 0 aromatic carbocycles. The van der Waals surface area contributed by atoms with Crippen LogP contribution in [-0.2, 0) is 18.4 Å². The lowest BCUT2D eigenvalue weighted by molar-refractivity contribution is -0.870. The van der Waals surface area contributed by atoms with Crippen LogP contribution in [-0.4, -0.2) is 68.5 Å². The first-order chi connectivity index (χ1) is 32.0. The molecule has 0 spiro atoms. The van der Waals surface area contributed by atoms with E-state index in [4.69, 9.17) is 9.05 Å². The highest BCUT2D eigenvalue weighted by atomic mass is 31.2. The van der Waals surface area contributed by atoms with Gasteiger partial charge in [-0.25, -0.2) is 0 Å². The third-order valence-corrected chi connectivity index (χ3v) is 13.5. The number of aliphatic hydroxyl groups excluding tert-OH is 1. The standard InChI is InChI=1S/C57H109N2O6P/c1-6-8-10-12-14-16-18-20-22-23-24-25-26-27-28-29-30-31-32-33-34-35-36-37-38-40-42-44-46-48-50-56(60)55(54-65-66(62,63)64-53-52-59(3,4)5)58-57(61)51-49-47-45-43-41-39-21-19-17-15-13-11-9-7-2/h19,21,35-36,40,42,48,50,55-56,60H,6-18,20,22-34,37-39,41,43-47,49,51-54H2,1-5H3,(H-,58,61,62,63)/b21-19-,36-35+,42-40+,50-48+. The van der Waals surface area contributed by atoms with Gasteiger partial charge in [-0.15, -0.1) is 0 Å². The average Bonchev–Trinajstić information content (AvgIpc) is 3.28. The van der Waals surface area contributed by atoms with Crippen molar-refractivity contribution in [3.05, 3.63) is 48.6 Å². The SMILES string of the molecule is CCCCCCC/C=C\CCCCCCCC(=O)NC(COP(=O)([O-])OCC[N+](C)(C)C)C(O)/C=C/CC/C=C/CC/C=C/CCCCCCCCCCCCCCCCCCCCCC. The molecular formula is C57H109N2O6P. The molecule has 388 valence electrons. The Bertz CT molecular complexity index is 1210. The van der Waals surface area contributed by atoms with E-state index in [0.717, 1.165) is 64.2 Å². The minimum Gasteiger partial charge on any atom is -0.756 e. The zero-order valence-corrected chi connectivity index (χ0v) is 45.0. The van der Waals surface area contributed by atoms with Gasteiger partial charge in [0.05, 0.1) is 39.9 Å². The molecule has 66 heavy (non-hydrogen) atoms. The van der Waals surface area contributed by atoms with E-state index < -0.39 is 26.6 Å². The van der Waals surface area contributed by atoms with E-state index in [2.05, 4.69) is 55.6 Å². The molecule has 0 rings (SSSR count). The van der Waals surface area contributed by atoms with Crippen molar-refractivity contribution in [3.63, 3.8) is 0 Å². The second-order valence-corrected chi connectivity index (χ2v) is 21.7. The summed E-state index contributed by atoms with van der Waals surface area (Å²) in [4.78, 5) is 25.4. The molecule has 2 N–H and O–H groups in total. The number of phosphoric ester groups is 1. The largest absolute Gasteiger partial charge is 0.756 e. The number of hydrogen-bond acceptors (Lipinski definition) is 6. The number of phosphoric acid groups is 1. The van der Waals surface area contributed by atoms with Crippen molar-refractivity contribution >= 4 is 13.7 Å². The minimum absolute atomic E-state index is 0.0113. The van der Waals surface area contributed by atoms with Crippen molar-refractivity contribution in [1.82, 2.24) is 5.32 Å². The molecule has 0 aliphatic rings. The van der Waals surface area contributed by atoms with Gasteiger partial charge in [0.15, 0.2) is 0 Å². The second kappa shape index (κ2) is 48.5. The molecule has 3 unspecified atom stereocenters. The number of aliphatic hydroxyl groups is 1. The topological polar surface area (TPSA) is 108 Å². The second-order valence-electron chi connectivity index (χ2n) is 20.3. The Morgan fingerprint density at radius 2 is 0.848 bits per heavy atom. The van der Waals surface area contributed by atoms with Gasteiger partial charge in [-0.1, -0.05) is 229 Å². The third-order valence-electron chi connectivity index (χ3n) is 12.5. The van der Waals surface area contributed by atoms with E-state index in [9.17, 15) is 19.4 Å². The molecule has 0 heterocycles. The number of rotatable bonds is 51. The molecular weight excluding hydrogens is 840 g/mol. The number of nitrogens with zero attached hydrogens (tertiary/aromatic N) is 1. The smallest absolute Gasteiger partial charge is 0.268 e. The van der Waals surface area contributed by atoms with Crippen LogP contribution in [0.15, 0.2) is 48.6 Å². The Labute approximate surface area is 409 Å². The van der Waals surface area contributed by atoms with Gasteiger partial charge in [-0.2, -0.15) is 0 Å². The van der Waals surface area contributed by atoms with Crippen molar-refractivity contribution in [2.24, 2.45) is 0 Å². The van der Waals surface area contributed by atoms with Crippen LogP contribution in [0.25, 0.3) is 0 Å². The van der Waals surface area contributed by atoms with Crippen LogP contribution in [0.3, 0.4) is 0 Å². The summed E-state index contributed by atoms with van der Waals surface area (Å²) in [6.45, 7) is 4.62. The normalized spacial score (nSPS) is 14.3. The van der Waals surface area contributed by atoms with E-state index in [1.807, 2.05) is 27.2 Å². The fraction of sp³-hybridized carbons (Fsp3) is 0.842. The van der Waals surface area contributed by atoms with E-state index in [1.54, 1.807) is 6.08 Å². The van der Waals surface area contributed by atoms with Gasteiger partial charge in [-0.3, -0.25) is 9.36 Å². The lowest BCUT2D eigenvalue weighted by atomic mass is 10.0. The highest BCUT2D eigenvalue weighted by Crippen LogP contribution is 2.38. The van der Waals surface area contributed by atoms with Gasteiger partial charge in [0.2, 0.25) is 5.91 Å². The number of amides is 1. The van der Waals surface area contributed by atoms with Gasteiger partial charge in [0.1, 0.15) is 13.2 Å². The van der Waals surface area contributed by atoms with Crippen LogP contribution >= 0.6 is 7.82 Å². The number of unbranched alkanes of at least 4 members (excludes halogenated alkanes) is 32. The Kier molecular flexibility index (Phi) is 47.4. The lowest BCUT2D eigenvalue weighted by Crippen LogP contribution is -2.45. The number of hydrogen-bond donors (Lipinski definition) is 2. The van der Waals surface area contributed by atoms with Crippen molar-refractivity contribution < 1.29 is 32.9 Å². The molecule has 8 nitrogen and oxygen atoms in total. The molecule has 9 heteroatoms. The highest BCUT2D eigenvalue weighted by Gasteiger charge is 2.23. The Hall–Kier alpha value is -1.54. The zero-order chi connectivity index (χ0) is 48.5. The van der Waals surface area contributed by atoms with E-state index in [0.29, 0.717) is 17.4 Å². The van der Waals surface area contributed by atoms with Crippen LogP contribution in [0.5, 0.6) is 0 Å². The predicted octanol–water partition coefficient (Wildman–Crippen LogP) is 16.1. The van der Waals surface area contributed by atoms with Gasteiger partial charge < -0.3 is 28.8 Å². The van der Waals surface area contributed by atoms with Crippen LogP contribution in [0, 0.1) is 0 Å². The summed E-state index contributed by atoms with van der Waals surface area (Å²) in [6, 6.07) is -0.914. The molecule has 3 atom stereocenters. The minimum atomic E-state index is -4.61. The van der Waals surface area contributed by atoms with Crippen molar-refractivity contribution in [3.8, 4) is 0 Å². The van der Waals surface area contributed by atoms with Gasteiger partial charge in [-0.05, 0) is 70.6 Å². The maximum atomic E-state index is 12.9. The number of carbonyl (C=O) groups is 1. The van der Waals surface area contributed by atoms with Gasteiger partial charge in [0, 0.05) is 6.42 Å². The van der Waals surface area contributed by atoms with Crippen molar-refractivity contribution in [2.45, 2.75) is 270 Å². The molecule has 0 aromatic rings. The zero-order valence-electron chi connectivity index (χ0n) is 44.1. The summed E-state index contributed by atoms with van der Waals surface area (Å²) in [7, 11) is 1.23. The maximum Gasteiger partial charge on any atom is 0.268 e. The Morgan fingerprint density at radius 3 is 1.23 bits per heavy atom. The van der Waals surface area contributed by atoms with Crippen LogP contribution in [0.1, 0.15) is 258 Å². The first kappa shape index (κ1) is 64.5. The lowest BCUT2D eigenvalue weighted by Gasteiger charge is -2.29. The Morgan fingerprint density at radius 1 is 0.515 bits per heavy atom. The molecule has 0 bridgehead atoms. The monoisotopic (exact) mass is 949 g/mol.